The Bertz CT molecular complexity index is 555. The number of carbonyl (C=O) groups excluding carboxylic acids is 1. The number of halogens is 1. The number of aldehydes is 1. The van der Waals surface area contributed by atoms with Crippen LogP contribution >= 0.6 is 15.9 Å². The summed E-state index contributed by atoms with van der Waals surface area (Å²) < 4.78 is 6.57. The lowest BCUT2D eigenvalue weighted by Gasteiger charge is -2.10. The van der Waals surface area contributed by atoms with Gasteiger partial charge in [-0.3, -0.25) is 4.79 Å². The lowest BCUT2D eigenvalue weighted by Crippen LogP contribution is -1.91. The van der Waals surface area contributed by atoms with Crippen molar-refractivity contribution >= 4 is 22.2 Å². The van der Waals surface area contributed by atoms with E-state index in [1.165, 1.54) is 5.56 Å². The highest BCUT2D eigenvalue weighted by Crippen LogP contribution is 2.32. The van der Waals surface area contributed by atoms with Gasteiger partial charge in [-0.05, 0) is 48.7 Å². The highest BCUT2D eigenvalue weighted by molar-refractivity contribution is 9.10. The van der Waals surface area contributed by atoms with Gasteiger partial charge in [0.15, 0.2) is 12.0 Å². The highest BCUT2D eigenvalue weighted by atomic mass is 79.9. The summed E-state index contributed by atoms with van der Waals surface area (Å²) >= 11 is 3.49. The maximum Gasteiger partial charge on any atom is 0.185 e. The zero-order chi connectivity index (χ0) is 12.4. The first-order valence-electron chi connectivity index (χ1n) is 5.50. The predicted octanol–water partition coefficient (Wildman–Crippen LogP) is 4.39. The molecule has 0 fully saturated rings. The monoisotopic (exact) mass is 292 g/mol. The summed E-state index contributed by atoms with van der Waals surface area (Å²) in [4.78, 5) is 10.6. The fourth-order valence-electron chi connectivity index (χ4n) is 1.99. The fourth-order valence-corrected chi connectivity index (χ4v) is 2.61. The van der Waals surface area contributed by atoms with Crippen molar-refractivity contribution in [3.8, 4) is 11.3 Å². The minimum atomic E-state index is 0.365. The molecule has 2 nitrogen and oxygen atoms in total. The van der Waals surface area contributed by atoms with Crippen molar-refractivity contribution in [2.24, 2.45) is 0 Å². The zero-order valence-corrected chi connectivity index (χ0v) is 11.4. The quantitative estimate of drug-likeness (QED) is 0.785. The second kappa shape index (κ2) is 4.88. The van der Waals surface area contributed by atoms with Crippen molar-refractivity contribution in [2.45, 2.75) is 20.3 Å². The van der Waals surface area contributed by atoms with Gasteiger partial charge in [0.2, 0.25) is 0 Å². The highest BCUT2D eigenvalue weighted by Gasteiger charge is 2.12. The SMILES string of the molecule is CCc1cc(Br)cc(C)c1-c1ccc(C=O)o1. The first-order valence-corrected chi connectivity index (χ1v) is 6.29. The number of rotatable bonds is 3. The Morgan fingerprint density at radius 3 is 2.71 bits per heavy atom. The Morgan fingerprint density at radius 2 is 2.12 bits per heavy atom. The van der Waals surface area contributed by atoms with Gasteiger partial charge in [-0.1, -0.05) is 22.9 Å². The van der Waals surface area contributed by atoms with E-state index in [1.807, 2.05) is 13.0 Å². The molecule has 0 saturated heterocycles. The lowest BCUT2D eigenvalue weighted by atomic mass is 9.98. The van der Waals surface area contributed by atoms with E-state index < -0.39 is 0 Å². The van der Waals surface area contributed by atoms with E-state index in [0.717, 1.165) is 34.1 Å². The summed E-state index contributed by atoms with van der Waals surface area (Å²) in [7, 11) is 0. The van der Waals surface area contributed by atoms with Gasteiger partial charge in [0.1, 0.15) is 5.76 Å². The molecule has 0 saturated carbocycles. The molecule has 1 aromatic carbocycles. The van der Waals surface area contributed by atoms with Gasteiger partial charge < -0.3 is 4.42 Å². The second-order valence-electron chi connectivity index (χ2n) is 3.93. The predicted molar refractivity (Wildman–Crippen MR) is 71.3 cm³/mol. The van der Waals surface area contributed by atoms with Crippen molar-refractivity contribution in [1.82, 2.24) is 0 Å². The fraction of sp³-hybridized carbons (Fsp3) is 0.214. The largest absolute Gasteiger partial charge is 0.453 e. The smallest absolute Gasteiger partial charge is 0.185 e. The molecular formula is C14H13BrO2. The van der Waals surface area contributed by atoms with Crippen LogP contribution < -0.4 is 0 Å². The van der Waals surface area contributed by atoms with Crippen LogP contribution in [0, 0.1) is 6.92 Å². The molecular weight excluding hydrogens is 280 g/mol. The van der Waals surface area contributed by atoms with Gasteiger partial charge in [0.05, 0.1) is 0 Å². The minimum absolute atomic E-state index is 0.365. The van der Waals surface area contributed by atoms with E-state index in [2.05, 4.69) is 35.0 Å². The van der Waals surface area contributed by atoms with E-state index in [0.29, 0.717) is 5.76 Å². The number of benzene rings is 1. The molecule has 0 spiro atoms. The third kappa shape index (κ3) is 2.34. The average molecular weight is 293 g/mol. The van der Waals surface area contributed by atoms with Crippen LogP contribution in [0.5, 0.6) is 0 Å². The van der Waals surface area contributed by atoms with Gasteiger partial charge in [-0.2, -0.15) is 0 Å². The van der Waals surface area contributed by atoms with Crippen molar-refractivity contribution in [2.75, 3.05) is 0 Å². The summed E-state index contributed by atoms with van der Waals surface area (Å²) in [6, 6.07) is 7.69. The number of hydrogen-bond acceptors (Lipinski definition) is 2. The molecule has 0 aliphatic rings. The normalized spacial score (nSPS) is 10.5. The molecule has 0 atom stereocenters. The molecule has 0 N–H and O–H groups in total. The van der Waals surface area contributed by atoms with Crippen LogP contribution in [0.25, 0.3) is 11.3 Å². The molecule has 2 rings (SSSR count). The van der Waals surface area contributed by atoms with Crippen LogP contribution in [-0.4, -0.2) is 6.29 Å². The molecule has 2 aromatic rings. The van der Waals surface area contributed by atoms with Crippen molar-refractivity contribution in [3.63, 3.8) is 0 Å². The van der Waals surface area contributed by atoms with Crippen LogP contribution in [0.4, 0.5) is 0 Å². The molecule has 0 amide bonds. The molecule has 0 bridgehead atoms. The number of aryl methyl sites for hydroxylation is 2. The Balaban J connectivity index is 2.61. The van der Waals surface area contributed by atoms with Crippen LogP contribution in [0.2, 0.25) is 0 Å². The molecule has 0 aliphatic heterocycles. The first kappa shape index (κ1) is 12.1. The summed E-state index contributed by atoms with van der Waals surface area (Å²) in [6.07, 6.45) is 1.65. The topological polar surface area (TPSA) is 30.2 Å². The van der Waals surface area contributed by atoms with Gasteiger partial charge in [0.25, 0.3) is 0 Å². The van der Waals surface area contributed by atoms with Crippen LogP contribution in [0.3, 0.4) is 0 Å². The Labute approximate surface area is 109 Å². The Hall–Kier alpha value is -1.35. The van der Waals surface area contributed by atoms with E-state index in [1.54, 1.807) is 6.07 Å². The molecule has 0 aliphatic carbocycles. The zero-order valence-electron chi connectivity index (χ0n) is 9.79. The molecule has 0 unspecified atom stereocenters. The number of hydrogen-bond donors (Lipinski definition) is 0. The third-order valence-corrected chi connectivity index (χ3v) is 3.21. The first-order chi connectivity index (χ1) is 8.15. The maximum absolute atomic E-state index is 10.6. The lowest BCUT2D eigenvalue weighted by molar-refractivity contribution is 0.110. The van der Waals surface area contributed by atoms with Gasteiger partial charge >= 0.3 is 0 Å². The molecule has 1 aromatic heterocycles. The van der Waals surface area contributed by atoms with Gasteiger partial charge in [0, 0.05) is 10.0 Å². The molecule has 3 heteroatoms. The van der Waals surface area contributed by atoms with E-state index >= 15 is 0 Å². The van der Waals surface area contributed by atoms with Crippen molar-refractivity contribution in [1.29, 1.82) is 0 Å². The Kier molecular flexibility index (Phi) is 3.48. The second-order valence-corrected chi connectivity index (χ2v) is 4.85. The van der Waals surface area contributed by atoms with Gasteiger partial charge in [-0.25, -0.2) is 0 Å². The van der Waals surface area contributed by atoms with Crippen molar-refractivity contribution < 1.29 is 9.21 Å². The number of carbonyl (C=O) groups is 1. The summed E-state index contributed by atoms with van der Waals surface area (Å²) in [5.41, 5.74) is 3.44. The standard InChI is InChI=1S/C14H13BrO2/c1-3-10-7-11(15)6-9(2)14(10)13-5-4-12(8-16)17-13/h4-8H,3H2,1-2H3. The number of furan rings is 1. The minimum Gasteiger partial charge on any atom is -0.453 e. The Morgan fingerprint density at radius 1 is 1.35 bits per heavy atom. The molecule has 1 heterocycles. The van der Waals surface area contributed by atoms with Gasteiger partial charge in [-0.15, -0.1) is 0 Å². The summed E-state index contributed by atoms with van der Waals surface area (Å²) in [6.45, 7) is 4.15. The molecule has 0 radical (unpaired) electrons. The van der Waals surface area contributed by atoms with E-state index in [9.17, 15) is 4.79 Å². The maximum atomic E-state index is 10.6. The van der Waals surface area contributed by atoms with Crippen LogP contribution in [0.15, 0.2) is 33.2 Å². The average Bonchev–Trinajstić information content (AvgIpc) is 2.76. The van der Waals surface area contributed by atoms with E-state index in [-0.39, 0.29) is 0 Å². The molecule has 88 valence electrons. The van der Waals surface area contributed by atoms with Crippen molar-refractivity contribution in [3.05, 3.63) is 45.6 Å². The third-order valence-electron chi connectivity index (χ3n) is 2.75. The molecule has 17 heavy (non-hydrogen) atoms. The summed E-state index contributed by atoms with van der Waals surface area (Å²) in [5.74, 6) is 1.12. The van der Waals surface area contributed by atoms with Crippen LogP contribution in [0.1, 0.15) is 28.6 Å². The van der Waals surface area contributed by atoms with Crippen LogP contribution in [-0.2, 0) is 6.42 Å². The summed E-state index contributed by atoms with van der Waals surface area (Å²) in [5, 5.41) is 0. The van der Waals surface area contributed by atoms with E-state index in [4.69, 9.17) is 4.42 Å².